The molecule has 0 saturated carbocycles. The van der Waals surface area contributed by atoms with Gasteiger partial charge in [-0.1, -0.05) is 36.1 Å². The van der Waals surface area contributed by atoms with Crippen molar-refractivity contribution >= 4 is 40.6 Å². The van der Waals surface area contributed by atoms with Crippen molar-refractivity contribution < 1.29 is 13.1 Å². The minimum atomic E-state index is -3.89. The Labute approximate surface area is 178 Å². The molecular formula is C25H18BF2N3. The van der Waals surface area contributed by atoms with Gasteiger partial charge < -0.3 is 22.2 Å². The highest BCUT2D eigenvalue weighted by Crippen LogP contribution is 2.34. The lowest BCUT2D eigenvalue weighted by atomic mass is 9.89. The van der Waals surface area contributed by atoms with Crippen LogP contribution in [0.1, 0.15) is 18.2 Å². The molecular weight excluding hydrogens is 391 g/mol. The van der Waals surface area contributed by atoms with Gasteiger partial charge in [0.25, 0.3) is 0 Å². The van der Waals surface area contributed by atoms with Crippen molar-refractivity contribution in [3.63, 3.8) is 0 Å². The number of nitrogens with zero attached hydrogens (tertiary/aromatic N) is 3. The van der Waals surface area contributed by atoms with E-state index in [2.05, 4.69) is 59.7 Å². The van der Waals surface area contributed by atoms with E-state index in [4.69, 9.17) is 0 Å². The molecule has 4 aromatic rings. The van der Waals surface area contributed by atoms with Gasteiger partial charge in [-0.3, -0.25) is 0 Å². The lowest BCUT2D eigenvalue weighted by molar-refractivity contribution is -0.356. The van der Waals surface area contributed by atoms with E-state index in [1.165, 1.54) is 28.7 Å². The molecule has 0 N–H and O–H groups in total. The Kier molecular flexibility index (Phi) is 3.67. The second kappa shape index (κ2) is 6.32. The molecule has 0 amide bonds. The largest absolute Gasteiger partial charge is 0.737 e. The molecule has 0 aliphatic carbocycles. The first-order valence-electron chi connectivity index (χ1n) is 10.4. The highest BCUT2D eigenvalue weighted by molar-refractivity contribution is 6.57. The van der Waals surface area contributed by atoms with Crippen molar-refractivity contribution in [2.45, 2.75) is 13.5 Å². The predicted octanol–water partition coefficient (Wildman–Crippen LogP) is 5.27. The zero-order valence-corrected chi connectivity index (χ0v) is 16.9. The first-order valence-corrected chi connectivity index (χ1v) is 10.4. The highest BCUT2D eigenvalue weighted by Gasteiger charge is 2.51. The van der Waals surface area contributed by atoms with Gasteiger partial charge in [0, 0.05) is 46.2 Å². The van der Waals surface area contributed by atoms with Crippen molar-refractivity contribution in [3.05, 3.63) is 89.9 Å². The molecule has 0 unspecified atom stereocenters. The molecule has 3 nitrogen and oxygen atoms in total. The lowest BCUT2D eigenvalue weighted by Gasteiger charge is -2.29. The molecule has 150 valence electrons. The second-order valence-corrected chi connectivity index (χ2v) is 7.81. The van der Waals surface area contributed by atoms with Crippen LogP contribution in [-0.2, 0) is 6.54 Å². The average Bonchev–Trinajstić information content (AvgIpc) is 3.51. The van der Waals surface area contributed by atoms with E-state index in [0.29, 0.717) is 17.0 Å². The third kappa shape index (κ3) is 2.44. The van der Waals surface area contributed by atoms with Gasteiger partial charge in [0.05, 0.1) is 5.52 Å². The van der Waals surface area contributed by atoms with E-state index in [-0.39, 0.29) is 0 Å². The molecule has 2 aliphatic heterocycles. The Hall–Kier alpha value is -3.85. The topological polar surface area (TPSA) is 12.9 Å². The minimum absolute atomic E-state index is 0.451. The van der Waals surface area contributed by atoms with Gasteiger partial charge >= 0.3 is 6.97 Å². The summed E-state index contributed by atoms with van der Waals surface area (Å²) in [6, 6.07) is 17.9. The van der Waals surface area contributed by atoms with Crippen molar-refractivity contribution in [2.24, 2.45) is 0 Å². The molecule has 0 spiro atoms. The minimum Gasteiger partial charge on any atom is -0.395 e. The van der Waals surface area contributed by atoms with Crippen LogP contribution in [0.25, 0.3) is 27.4 Å². The number of aryl methyl sites for hydroxylation is 1. The number of hydrogen-bond acceptors (Lipinski definition) is 0. The fourth-order valence-electron chi connectivity index (χ4n) is 4.75. The number of fused-ring (bicyclic) bond motifs is 5. The maximum atomic E-state index is 14.9. The van der Waals surface area contributed by atoms with Crippen LogP contribution in [0.5, 0.6) is 0 Å². The zero-order valence-electron chi connectivity index (χ0n) is 16.9. The van der Waals surface area contributed by atoms with Gasteiger partial charge in [-0.05, 0) is 43.5 Å². The third-order valence-corrected chi connectivity index (χ3v) is 6.16. The van der Waals surface area contributed by atoms with Gasteiger partial charge in [0.1, 0.15) is 11.8 Å². The summed E-state index contributed by atoms with van der Waals surface area (Å²) in [5.41, 5.74) is 4.70. The van der Waals surface area contributed by atoms with E-state index >= 15 is 0 Å². The molecule has 2 aliphatic rings. The van der Waals surface area contributed by atoms with E-state index < -0.39 is 6.97 Å². The predicted molar refractivity (Wildman–Crippen MR) is 122 cm³/mol. The summed E-state index contributed by atoms with van der Waals surface area (Å²) in [5, 5.41) is 2.42. The molecule has 0 atom stereocenters. The summed E-state index contributed by atoms with van der Waals surface area (Å²) in [6.07, 6.45) is 6.19. The number of aromatic nitrogens is 2. The first-order chi connectivity index (χ1) is 15.1. The van der Waals surface area contributed by atoms with Crippen LogP contribution in [-0.4, -0.2) is 26.7 Å². The Bertz CT molecular complexity index is 1550. The smallest absolute Gasteiger partial charge is 0.395 e. The van der Waals surface area contributed by atoms with E-state index in [9.17, 15) is 8.63 Å². The fourth-order valence-corrected chi connectivity index (χ4v) is 4.75. The molecule has 0 fully saturated rings. The van der Waals surface area contributed by atoms with Gasteiger partial charge in [-0.25, -0.2) is 0 Å². The second-order valence-electron chi connectivity index (χ2n) is 7.81. The van der Waals surface area contributed by atoms with Crippen LogP contribution in [0, 0.1) is 11.8 Å². The van der Waals surface area contributed by atoms with Crippen LogP contribution in [0.2, 0.25) is 0 Å². The maximum Gasteiger partial charge on any atom is 0.737 e. The summed E-state index contributed by atoms with van der Waals surface area (Å²) in [4.78, 5) is 0. The number of hydrogen-bond donors (Lipinski definition) is 0. The van der Waals surface area contributed by atoms with Gasteiger partial charge in [0.15, 0.2) is 5.70 Å². The molecule has 2 aromatic heterocycles. The monoisotopic (exact) mass is 409 g/mol. The lowest BCUT2D eigenvalue weighted by Crippen LogP contribution is -2.49. The Morgan fingerprint density at radius 2 is 1.81 bits per heavy atom. The summed E-state index contributed by atoms with van der Waals surface area (Å²) in [5.74, 6) is 6.41. The fraction of sp³-hybridized carbons (Fsp3) is 0.0800. The Morgan fingerprint density at radius 3 is 2.68 bits per heavy atom. The zero-order chi connectivity index (χ0) is 21.2. The van der Waals surface area contributed by atoms with Crippen molar-refractivity contribution in [1.82, 2.24) is 9.05 Å². The number of allylic oxidation sites excluding steroid dienone is 3. The van der Waals surface area contributed by atoms with Crippen LogP contribution in [0.4, 0.5) is 8.63 Å². The van der Waals surface area contributed by atoms with Crippen LogP contribution < -0.4 is 0 Å². The average molecular weight is 409 g/mol. The first kappa shape index (κ1) is 18.0. The highest BCUT2D eigenvalue weighted by atomic mass is 19.2. The summed E-state index contributed by atoms with van der Waals surface area (Å²) >= 11 is 0. The van der Waals surface area contributed by atoms with E-state index in [1.807, 2.05) is 6.07 Å². The maximum absolute atomic E-state index is 14.9. The molecule has 4 heterocycles. The number of para-hydroxylation sites is 1. The Balaban J connectivity index is 1.52. The van der Waals surface area contributed by atoms with E-state index in [0.717, 1.165) is 26.6 Å². The molecule has 6 heteroatoms. The van der Waals surface area contributed by atoms with Crippen LogP contribution in [0.3, 0.4) is 0 Å². The molecule has 2 aromatic carbocycles. The number of halogens is 2. The SMILES string of the molecule is CCn1c2ccccc2c2ccc(C#CC3=C4C=CC=[N+]4[B-](F)(F)n4cccc43)cc21. The number of rotatable bonds is 1. The quantitative estimate of drug-likeness (QED) is 0.300. The van der Waals surface area contributed by atoms with Crippen molar-refractivity contribution in [3.8, 4) is 11.8 Å². The molecule has 31 heavy (non-hydrogen) atoms. The standard InChI is InChI=1S/C25H18BF2N3/c1-2-29-22-8-4-3-7-19(22)20-13-11-18(17-25(20)29)12-14-21-23-9-5-15-30(23)26(27,28)31-16-6-10-24(21)31/h3-11,13,15-17H,2H2,1H3. The molecule has 0 saturated heterocycles. The molecule has 0 radical (unpaired) electrons. The van der Waals surface area contributed by atoms with E-state index in [1.54, 1.807) is 24.3 Å². The van der Waals surface area contributed by atoms with Crippen molar-refractivity contribution in [2.75, 3.05) is 0 Å². The van der Waals surface area contributed by atoms with Gasteiger partial charge in [0.2, 0.25) is 0 Å². The van der Waals surface area contributed by atoms with Crippen molar-refractivity contribution in [1.29, 1.82) is 0 Å². The van der Waals surface area contributed by atoms with Gasteiger partial charge in [-0.2, -0.15) is 0 Å². The summed E-state index contributed by atoms with van der Waals surface area (Å²) < 4.78 is 34.1. The van der Waals surface area contributed by atoms with Gasteiger partial charge in [-0.15, -0.1) is 0 Å². The summed E-state index contributed by atoms with van der Waals surface area (Å²) in [6.45, 7) is -0.905. The normalized spacial score (nSPS) is 16.3. The third-order valence-electron chi connectivity index (χ3n) is 6.16. The molecule has 6 rings (SSSR count). The summed E-state index contributed by atoms with van der Waals surface area (Å²) in [7, 11) is 0. The number of benzene rings is 2. The molecule has 0 bridgehead atoms. The Morgan fingerprint density at radius 1 is 0.968 bits per heavy atom. The van der Waals surface area contributed by atoms with Crippen LogP contribution in [0.15, 0.2) is 78.6 Å². The van der Waals surface area contributed by atoms with Crippen LogP contribution >= 0.6 is 0 Å².